The van der Waals surface area contributed by atoms with Crippen LogP contribution in [0.5, 0.6) is 0 Å². The number of aryl methyl sites for hydroxylation is 1. The van der Waals surface area contributed by atoms with E-state index >= 15 is 0 Å². The molecule has 1 unspecified atom stereocenters. The predicted octanol–water partition coefficient (Wildman–Crippen LogP) is 2.14. The molecule has 0 bridgehead atoms. The van der Waals surface area contributed by atoms with Gasteiger partial charge in [-0.1, -0.05) is 5.16 Å². The Morgan fingerprint density at radius 2 is 2.27 bits per heavy atom. The van der Waals surface area contributed by atoms with Crippen molar-refractivity contribution in [3.05, 3.63) is 29.7 Å². The quantitative estimate of drug-likeness (QED) is 0.864. The lowest BCUT2D eigenvalue weighted by atomic mass is 10.2. The van der Waals surface area contributed by atoms with Crippen molar-refractivity contribution in [3.8, 4) is 0 Å². The highest BCUT2D eigenvalue weighted by Gasteiger charge is 2.36. The Balaban J connectivity index is 1.55. The molecule has 1 aliphatic heterocycles. The van der Waals surface area contributed by atoms with Crippen molar-refractivity contribution >= 4 is 5.91 Å². The Kier molecular flexibility index (Phi) is 3.20. The summed E-state index contributed by atoms with van der Waals surface area (Å²) in [6, 6.07) is -0.0753. The van der Waals surface area contributed by atoms with Gasteiger partial charge in [0.1, 0.15) is 0 Å². The molecule has 116 valence electrons. The minimum atomic E-state index is -0.0753. The van der Waals surface area contributed by atoms with E-state index in [4.69, 9.17) is 4.52 Å². The second-order valence-corrected chi connectivity index (χ2v) is 6.01. The normalized spacial score (nSPS) is 21.5. The summed E-state index contributed by atoms with van der Waals surface area (Å²) in [7, 11) is 0. The fraction of sp³-hybridized carbons (Fsp3) is 0.600. The van der Waals surface area contributed by atoms with Gasteiger partial charge in [0.2, 0.25) is 5.89 Å². The molecule has 3 heterocycles. The van der Waals surface area contributed by atoms with Crippen molar-refractivity contribution in [3.63, 3.8) is 0 Å². The van der Waals surface area contributed by atoms with Crippen LogP contribution in [0.15, 0.2) is 16.9 Å². The molecule has 22 heavy (non-hydrogen) atoms. The van der Waals surface area contributed by atoms with Gasteiger partial charge in [-0.2, -0.15) is 10.1 Å². The molecule has 1 amide bonds. The maximum absolute atomic E-state index is 12.7. The maximum Gasteiger partial charge on any atom is 0.257 e. The number of likely N-dealkylation sites (tertiary alicyclic amines) is 1. The Morgan fingerprint density at radius 3 is 3.00 bits per heavy atom. The largest absolute Gasteiger partial charge is 0.339 e. The van der Waals surface area contributed by atoms with Gasteiger partial charge in [-0.25, -0.2) is 0 Å². The topological polar surface area (TPSA) is 77.0 Å². The van der Waals surface area contributed by atoms with Crippen molar-refractivity contribution in [2.45, 2.75) is 51.1 Å². The van der Waals surface area contributed by atoms with Crippen LogP contribution in [0, 0.1) is 0 Å². The van der Waals surface area contributed by atoms with Gasteiger partial charge in [0.05, 0.1) is 17.8 Å². The van der Waals surface area contributed by atoms with Crippen molar-refractivity contribution < 1.29 is 9.32 Å². The van der Waals surface area contributed by atoms with E-state index in [0.717, 1.165) is 44.7 Å². The first kappa shape index (κ1) is 13.5. The number of aromatic nitrogens is 4. The third kappa shape index (κ3) is 2.30. The molecule has 7 heteroatoms. The number of nitrogens with zero attached hydrogens (tertiary/aromatic N) is 5. The van der Waals surface area contributed by atoms with E-state index in [1.165, 1.54) is 0 Å². The van der Waals surface area contributed by atoms with Crippen LogP contribution in [0.2, 0.25) is 0 Å². The molecule has 7 nitrogen and oxygen atoms in total. The lowest BCUT2D eigenvalue weighted by Gasteiger charge is -2.21. The maximum atomic E-state index is 12.7. The molecule has 1 saturated carbocycles. The molecule has 1 atom stereocenters. The third-order valence-corrected chi connectivity index (χ3v) is 4.40. The average Bonchev–Trinajstić information content (AvgIpc) is 3.02. The summed E-state index contributed by atoms with van der Waals surface area (Å²) >= 11 is 0. The van der Waals surface area contributed by atoms with E-state index in [1.807, 2.05) is 11.8 Å². The second-order valence-electron chi connectivity index (χ2n) is 6.01. The highest BCUT2D eigenvalue weighted by molar-refractivity contribution is 5.94. The number of carbonyl (C=O) groups is 1. The van der Waals surface area contributed by atoms with Gasteiger partial charge in [-0.05, 0) is 32.6 Å². The number of hydrogen-bond acceptors (Lipinski definition) is 5. The molecule has 0 spiro atoms. The molecule has 2 aromatic heterocycles. The summed E-state index contributed by atoms with van der Waals surface area (Å²) < 4.78 is 7.10. The molecule has 2 aliphatic rings. The zero-order valence-corrected chi connectivity index (χ0v) is 12.6. The number of hydrogen-bond donors (Lipinski definition) is 0. The first-order valence-corrected chi connectivity index (χ1v) is 7.93. The first-order valence-electron chi connectivity index (χ1n) is 7.93. The summed E-state index contributed by atoms with van der Waals surface area (Å²) in [6.07, 6.45) is 7.54. The third-order valence-electron chi connectivity index (χ3n) is 4.40. The zero-order chi connectivity index (χ0) is 15.1. The molecular weight excluding hydrogens is 282 g/mol. The molecule has 1 aliphatic carbocycles. The summed E-state index contributed by atoms with van der Waals surface area (Å²) in [5.41, 5.74) is 0.625. The van der Waals surface area contributed by atoms with Crippen LogP contribution in [0.3, 0.4) is 0 Å². The van der Waals surface area contributed by atoms with Gasteiger partial charge < -0.3 is 9.42 Å². The fourth-order valence-electron chi connectivity index (χ4n) is 2.97. The minimum absolute atomic E-state index is 0.0000260. The number of carbonyl (C=O) groups excluding carboxylic acids is 1. The van der Waals surface area contributed by atoms with Crippen LogP contribution < -0.4 is 0 Å². The Labute approximate surface area is 128 Å². The van der Waals surface area contributed by atoms with Crippen LogP contribution >= 0.6 is 0 Å². The zero-order valence-electron chi connectivity index (χ0n) is 12.6. The van der Waals surface area contributed by atoms with Crippen LogP contribution in [0.25, 0.3) is 0 Å². The smallest absolute Gasteiger partial charge is 0.257 e. The molecular formula is C15H19N5O2. The number of rotatable bonds is 4. The summed E-state index contributed by atoms with van der Waals surface area (Å²) in [4.78, 5) is 19.1. The Hall–Kier alpha value is -2.18. The van der Waals surface area contributed by atoms with Gasteiger partial charge in [0.25, 0.3) is 5.91 Å². The summed E-state index contributed by atoms with van der Waals surface area (Å²) in [5.74, 6) is 1.82. The standard InChI is InChI=1S/C15H19N5O2/c1-2-19-9-11(8-16-19)15(21)20-7-3-4-12(20)13-17-14(22-18-13)10-5-6-10/h8-10,12H,2-7H2,1H3. The lowest BCUT2D eigenvalue weighted by Crippen LogP contribution is -2.30. The van der Waals surface area contributed by atoms with Crippen molar-refractivity contribution in [1.82, 2.24) is 24.8 Å². The second kappa shape index (κ2) is 5.23. The van der Waals surface area contributed by atoms with Crippen molar-refractivity contribution in [1.29, 1.82) is 0 Å². The van der Waals surface area contributed by atoms with Gasteiger partial charge in [-0.3, -0.25) is 9.48 Å². The molecule has 0 aromatic carbocycles. The predicted molar refractivity (Wildman–Crippen MR) is 77.2 cm³/mol. The van der Waals surface area contributed by atoms with Gasteiger partial charge in [-0.15, -0.1) is 0 Å². The van der Waals surface area contributed by atoms with Gasteiger partial charge in [0, 0.05) is 25.2 Å². The van der Waals surface area contributed by atoms with Crippen molar-refractivity contribution in [2.24, 2.45) is 0 Å². The first-order chi connectivity index (χ1) is 10.8. The molecule has 4 rings (SSSR count). The van der Waals surface area contributed by atoms with Gasteiger partial charge >= 0.3 is 0 Å². The van der Waals surface area contributed by atoms with E-state index in [1.54, 1.807) is 17.1 Å². The number of amides is 1. The monoisotopic (exact) mass is 301 g/mol. The van der Waals surface area contributed by atoms with E-state index < -0.39 is 0 Å². The average molecular weight is 301 g/mol. The van der Waals surface area contributed by atoms with Crippen LogP contribution in [0.1, 0.15) is 66.6 Å². The van der Waals surface area contributed by atoms with Crippen molar-refractivity contribution in [2.75, 3.05) is 6.54 Å². The lowest BCUT2D eigenvalue weighted by molar-refractivity contribution is 0.0728. The molecule has 1 saturated heterocycles. The van der Waals surface area contributed by atoms with E-state index in [9.17, 15) is 4.79 Å². The summed E-state index contributed by atoms with van der Waals surface area (Å²) in [5, 5.41) is 8.29. The van der Waals surface area contributed by atoms with E-state index in [2.05, 4.69) is 15.2 Å². The molecule has 2 aromatic rings. The molecule has 2 fully saturated rings. The fourth-order valence-corrected chi connectivity index (χ4v) is 2.97. The van der Waals surface area contributed by atoms with Crippen LogP contribution in [-0.4, -0.2) is 37.3 Å². The summed E-state index contributed by atoms with van der Waals surface area (Å²) in [6.45, 7) is 3.49. The van der Waals surface area contributed by atoms with Crippen LogP contribution in [0.4, 0.5) is 0 Å². The highest BCUT2D eigenvalue weighted by atomic mass is 16.5. The van der Waals surface area contributed by atoms with E-state index in [-0.39, 0.29) is 11.9 Å². The highest BCUT2D eigenvalue weighted by Crippen LogP contribution is 2.40. The SMILES string of the molecule is CCn1cc(C(=O)N2CCCC2c2noc(C3CC3)n2)cn1. The minimum Gasteiger partial charge on any atom is -0.339 e. The molecule has 0 N–H and O–H groups in total. The van der Waals surface area contributed by atoms with Crippen LogP contribution in [-0.2, 0) is 6.54 Å². The van der Waals surface area contributed by atoms with Gasteiger partial charge in [0.15, 0.2) is 5.82 Å². The Morgan fingerprint density at radius 1 is 1.41 bits per heavy atom. The van der Waals surface area contributed by atoms with E-state index in [0.29, 0.717) is 17.3 Å². The Bertz CT molecular complexity index is 688. The molecule has 0 radical (unpaired) electrons.